The summed E-state index contributed by atoms with van der Waals surface area (Å²) in [7, 11) is 0. The topological polar surface area (TPSA) is 72.3 Å². The van der Waals surface area contributed by atoms with Gasteiger partial charge in [0, 0.05) is 43.3 Å². The molecule has 1 aliphatic heterocycles. The number of anilines is 1. The van der Waals surface area contributed by atoms with Crippen molar-refractivity contribution in [3.05, 3.63) is 75.9 Å². The Hall–Kier alpha value is -3.43. The molecule has 0 bridgehead atoms. The van der Waals surface area contributed by atoms with E-state index in [2.05, 4.69) is 14.9 Å². The Morgan fingerprint density at radius 2 is 1.88 bits per heavy atom. The first kappa shape index (κ1) is 29.1. The van der Waals surface area contributed by atoms with Crippen molar-refractivity contribution in [1.29, 1.82) is 0 Å². The summed E-state index contributed by atoms with van der Waals surface area (Å²) in [5, 5.41) is 4.90. The number of piperidine rings is 1. The highest BCUT2D eigenvalue weighted by Crippen LogP contribution is 2.38. The average Bonchev–Trinajstić information content (AvgIpc) is 3.25. The van der Waals surface area contributed by atoms with Crippen molar-refractivity contribution in [3.8, 4) is 11.3 Å². The van der Waals surface area contributed by atoms with Crippen molar-refractivity contribution in [2.45, 2.75) is 52.3 Å². The van der Waals surface area contributed by atoms with Crippen molar-refractivity contribution in [2.24, 2.45) is 5.92 Å². The van der Waals surface area contributed by atoms with Gasteiger partial charge in [-0.25, -0.2) is 18.6 Å². The van der Waals surface area contributed by atoms with Crippen LogP contribution in [0.4, 0.5) is 19.5 Å². The maximum Gasteiger partial charge on any atom is 0.410 e. The van der Waals surface area contributed by atoms with Gasteiger partial charge in [-0.05, 0) is 75.4 Å². The van der Waals surface area contributed by atoms with Crippen LogP contribution in [0.5, 0.6) is 0 Å². The van der Waals surface area contributed by atoms with Gasteiger partial charge >= 0.3 is 6.09 Å². The van der Waals surface area contributed by atoms with Gasteiger partial charge in [0.25, 0.3) is 0 Å². The third-order valence-corrected chi connectivity index (χ3v) is 7.53. The number of halogens is 4. The second kappa shape index (κ2) is 11.8. The van der Waals surface area contributed by atoms with Crippen LogP contribution in [-0.2, 0) is 17.8 Å². The fourth-order valence-corrected chi connectivity index (χ4v) is 5.65. The summed E-state index contributed by atoms with van der Waals surface area (Å²) >= 11 is 13.3. The first-order chi connectivity index (χ1) is 19.5. The molecular formula is C30H31Cl2F2N5O2. The summed E-state index contributed by atoms with van der Waals surface area (Å²) in [5.74, 6) is -1.36. The third-order valence-electron chi connectivity index (χ3n) is 6.90. The first-order valence-electron chi connectivity index (χ1n) is 13.4. The molecule has 4 aromatic rings. The largest absolute Gasteiger partial charge is 0.444 e. The van der Waals surface area contributed by atoms with Gasteiger partial charge < -0.3 is 19.5 Å². The van der Waals surface area contributed by atoms with Gasteiger partial charge in [0.15, 0.2) is 11.6 Å². The summed E-state index contributed by atoms with van der Waals surface area (Å²) in [4.78, 5) is 23.8. The maximum atomic E-state index is 13.7. The summed E-state index contributed by atoms with van der Waals surface area (Å²) in [6, 6.07) is 11.1. The number of carbonyl (C=O) groups is 1. The number of hydrogen-bond acceptors (Lipinski definition) is 5. The Kier molecular flexibility index (Phi) is 8.38. The standard InChI is InChI=1S/C30H31Cl2F2N5O2/c1-30(2,3)41-29(40)38-11-5-6-19(16-38)17-39-25(26-21(31)7-4-8-22(26)32)13-20-15-36-28(37-27(20)39)35-14-18-9-10-23(33)24(34)12-18/h4,7-10,12-13,15,19H,5-6,11,14,16-17H2,1-3H3,(H,35,36,37)/t19-/m1/s1. The van der Waals surface area contributed by atoms with E-state index in [9.17, 15) is 13.6 Å². The number of amides is 1. The molecule has 1 fully saturated rings. The van der Waals surface area contributed by atoms with Crippen molar-refractivity contribution in [3.63, 3.8) is 0 Å². The Balaban J connectivity index is 1.48. The van der Waals surface area contributed by atoms with Gasteiger partial charge in [-0.2, -0.15) is 4.98 Å². The van der Waals surface area contributed by atoms with Gasteiger partial charge in [-0.15, -0.1) is 0 Å². The quantitative estimate of drug-likeness (QED) is 0.243. The third kappa shape index (κ3) is 6.73. The lowest BCUT2D eigenvalue weighted by Gasteiger charge is -2.34. The number of nitrogens with one attached hydrogen (secondary N) is 1. The highest BCUT2D eigenvalue weighted by Gasteiger charge is 2.29. The normalized spacial score (nSPS) is 15.8. The van der Waals surface area contributed by atoms with E-state index in [1.807, 2.05) is 26.8 Å². The van der Waals surface area contributed by atoms with E-state index in [0.717, 1.165) is 36.1 Å². The molecular weight excluding hydrogens is 571 g/mol. The molecule has 0 aliphatic carbocycles. The number of hydrogen-bond donors (Lipinski definition) is 1. The number of nitrogens with zero attached hydrogens (tertiary/aromatic N) is 4. The zero-order valence-corrected chi connectivity index (χ0v) is 24.6. The predicted molar refractivity (Wildman–Crippen MR) is 157 cm³/mol. The Bertz CT molecular complexity index is 1570. The molecule has 2 aromatic heterocycles. The van der Waals surface area contributed by atoms with Gasteiger partial charge in [-0.1, -0.05) is 35.3 Å². The minimum absolute atomic E-state index is 0.125. The number of rotatable bonds is 6. The van der Waals surface area contributed by atoms with Crippen LogP contribution in [0.2, 0.25) is 10.0 Å². The number of aromatic nitrogens is 3. The molecule has 11 heteroatoms. The SMILES string of the molecule is CC(C)(C)OC(=O)N1CCC[C@@H](Cn2c(-c3c(Cl)cccc3Cl)cc3cnc(NCc4ccc(F)c(F)c4)nc32)C1. The number of fused-ring (bicyclic) bond motifs is 1. The molecule has 7 nitrogen and oxygen atoms in total. The number of ether oxygens (including phenoxy) is 1. The van der Waals surface area contributed by atoms with Crippen molar-refractivity contribution in [2.75, 3.05) is 18.4 Å². The number of benzene rings is 2. The van der Waals surface area contributed by atoms with Crippen LogP contribution in [0, 0.1) is 17.6 Å². The smallest absolute Gasteiger partial charge is 0.410 e. The molecule has 41 heavy (non-hydrogen) atoms. The van der Waals surface area contributed by atoms with E-state index < -0.39 is 17.2 Å². The monoisotopic (exact) mass is 601 g/mol. The van der Waals surface area contributed by atoms with Gasteiger partial charge in [0.05, 0.1) is 15.7 Å². The summed E-state index contributed by atoms with van der Waals surface area (Å²) < 4.78 is 34.7. The summed E-state index contributed by atoms with van der Waals surface area (Å²) in [6.07, 6.45) is 3.15. The van der Waals surface area contributed by atoms with Crippen molar-refractivity contribution in [1.82, 2.24) is 19.4 Å². The van der Waals surface area contributed by atoms with Gasteiger partial charge in [0.1, 0.15) is 11.2 Å². The number of likely N-dealkylation sites (tertiary alicyclic amines) is 1. The first-order valence-corrected chi connectivity index (χ1v) is 14.2. The minimum Gasteiger partial charge on any atom is -0.444 e. The maximum absolute atomic E-state index is 13.7. The van der Waals surface area contributed by atoms with Crippen LogP contribution in [-0.4, -0.2) is 44.2 Å². The van der Waals surface area contributed by atoms with Crippen molar-refractivity contribution < 1.29 is 18.3 Å². The van der Waals surface area contributed by atoms with Gasteiger partial charge in [-0.3, -0.25) is 0 Å². The van der Waals surface area contributed by atoms with Crippen LogP contribution < -0.4 is 5.32 Å². The Morgan fingerprint density at radius 3 is 2.59 bits per heavy atom. The number of carbonyl (C=O) groups excluding carboxylic acids is 1. The second-order valence-electron chi connectivity index (χ2n) is 11.2. The molecule has 0 saturated carbocycles. The van der Waals surface area contributed by atoms with Crippen LogP contribution in [0.25, 0.3) is 22.3 Å². The summed E-state index contributed by atoms with van der Waals surface area (Å²) in [5.41, 5.74) is 2.11. The fraction of sp³-hybridized carbons (Fsp3) is 0.367. The molecule has 1 aliphatic rings. The molecule has 5 rings (SSSR count). The molecule has 0 radical (unpaired) electrons. The lowest BCUT2D eigenvalue weighted by atomic mass is 9.98. The molecule has 3 heterocycles. The molecule has 216 valence electrons. The molecule has 1 N–H and O–H groups in total. The summed E-state index contributed by atoms with van der Waals surface area (Å²) in [6.45, 7) is 7.51. The highest BCUT2D eigenvalue weighted by atomic mass is 35.5. The molecule has 0 spiro atoms. The van der Waals surface area contributed by atoms with E-state index >= 15 is 0 Å². The molecule has 2 aromatic carbocycles. The molecule has 1 atom stereocenters. The van der Waals surface area contributed by atoms with Crippen LogP contribution in [0.3, 0.4) is 0 Å². The zero-order chi connectivity index (χ0) is 29.3. The van der Waals surface area contributed by atoms with Gasteiger partial charge in [0.2, 0.25) is 5.95 Å². The average molecular weight is 603 g/mol. The van der Waals surface area contributed by atoms with E-state index in [-0.39, 0.29) is 18.6 Å². The van der Waals surface area contributed by atoms with E-state index in [1.165, 1.54) is 6.07 Å². The zero-order valence-electron chi connectivity index (χ0n) is 23.1. The lowest BCUT2D eigenvalue weighted by molar-refractivity contribution is 0.0158. The second-order valence-corrected chi connectivity index (χ2v) is 12.1. The Morgan fingerprint density at radius 1 is 1.12 bits per heavy atom. The van der Waals surface area contributed by atoms with Crippen molar-refractivity contribution >= 4 is 46.3 Å². The molecule has 1 saturated heterocycles. The van der Waals surface area contributed by atoms with Crippen LogP contribution >= 0.6 is 23.2 Å². The van der Waals surface area contributed by atoms with Crippen LogP contribution in [0.1, 0.15) is 39.2 Å². The molecule has 1 amide bonds. The highest BCUT2D eigenvalue weighted by molar-refractivity contribution is 6.39. The van der Waals surface area contributed by atoms with Crippen LogP contribution in [0.15, 0.2) is 48.7 Å². The van der Waals surface area contributed by atoms with E-state index in [4.69, 9.17) is 32.9 Å². The molecule has 0 unspecified atom stereocenters. The van der Waals surface area contributed by atoms with E-state index in [0.29, 0.717) is 52.4 Å². The van der Waals surface area contributed by atoms with E-state index in [1.54, 1.807) is 29.3 Å². The Labute approximate surface area is 247 Å². The fourth-order valence-electron chi connectivity index (χ4n) is 5.05. The predicted octanol–water partition coefficient (Wildman–Crippen LogP) is 7.94. The lowest BCUT2D eigenvalue weighted by Crippen LogP contribution is -2.43. The minimum atomic E-state index is -0.913.